The lowest BCUT2D eigenvalue weighted by Crippen LogP contribution is -1.92. The molecule has 0 aliphatic carbocycles. The van der Waals surface area contributed by atoms with E-state index < -0.39 is 0 Å². The fourth-order valence-corrected chi connectivity index (χ4v) is 1.90. The van der Waals surface area contributed by atoms with Crippen molar-refractivity contribution in [2.45, 2.75) is 6.92 Å². The predicted molar refractivity (Wildman–Crippen MR) is 64.4 cm³/mol. The highest BCUT2D eigenvalue weighted by molar-refractivity contribution is 5.67. The number of rotatable bonds is 2. The molecule has 0 atom stereocenters. The van der Waals surface area contributed by atoms with E-state index in [4.69, 9.17) is 9.47 Å². The van der Waals surface area contributed by atoms with Gasteiger partial charge in [0.2, 0.25) is 12.7 Å². The van der Waals surface area contributed by atoms with Gasteiger partial charge in [-0.15, -0.1) is 0 Å². The molecule has 5 heteroatoms. The maximum atomic E-state index is 5.36. The molecule has 1 aliphatic rings. The van der Waals surface area contributed by atoms with E-state index in [0.717, 1.165) is 34.4 Å². The molecule has 0 amide bonds. The van der Waals surface area contributed by atoms with Crippen molar-refractivity contribution in [2.24, 2.45) is 0 Å². The Labute approximate surface area is 98.8 Å². The fraction of sp³-hybridized carbons (Fsp3) is 0.250. The van der Waals surface area contributed by atoms with Crippen LogP contribution in [0.15, 0.2) is 18.2 Å². The average molecular weight is 231 g/mol. The summed E-state index contributed by atoms with van der Waals surface area (Å²) < 4.78 is 10.6. The van der Waals surface area contributed by atoms with Crippen molar-refractivity contribution in [3.05, 3.63) is 23.9 Å². The summed E-state index contributed by atoms with van der Waals surface area (Å²) in [5, 5.41) is 2.99. The van der Waals surface area contributed by atoms with Crippen molar-refractivity contribution < 1.29 is 9.47 Å². The zero-order valence-electron chi connectivity index (χ0n) is 9.70. The Hall–Kier alpha value is -2.17. The van der Waals surface area contributed by atoms with E-state index in [9.17, 15) is 0 Å². The Morgan fingerprint density at radius 3 is 2.88 bits per heavy atom. The first-order valence-electron chi connectivity index (χ1n) is 5.42. The third-order valence-corrected chi connectivity index (χ3v) is 2.77. The molecular weight excluding hydrogens is 218 g/mol. The molecule has 3 rings (SSSR count). The molecule has 2 heterocycles. The van der Waals surface area contributed by atoms with Crippen molar-refractivity contribution in [1.29, 1.82) is 0 Å². The SMILES string of the molecule is CNc1nc(-c2ccc3c(c2)OCO3)c(C)[nH]1. The normalized spacial score (nSPS) is 12.8. The maximum Gasteiger partial charge on any atom is 0.231 e. The number of aromatic amines is 1. The highest BCUT2D eigenvalue weighted by Crippen LogP contribution is 2.36. The zero-order chi connectivity index (χ0) is 11.8. The van der Waals surface area contributed by atoms with Gasteiger partial charge >= 0.3 is 0 Å². The summed E-state index contributed by atoms with van der Waals surface area (Å²) in [5.41, 5.74) is 2.96. The van der Waals surface area contributed by atoms with Crippen LogP contribution in [-0.4, -0.2) is 23.8 Å². The average Bonchev–Trinajstić information content (AvgIpc) is 2.93. The highest BCUT2D eigenvalue weighted by atomic mass is 16.7. The van der Waals surface area contributed by atoms with Gasteiger partial charge in [0.15, 0.2) is 11.5 Å². The van der Waals surface area contributed by atoms with Gasteiger partial charge in [0.1, 0.15) is 0 Å². The predicted octanol–water partition coefficient (Wildman–Crippen LogP) is 2.16. The number of anilines is 1. The second kappa shape index (κ2) is 3.69. The van der Waals surface area contributed by atoms with Crippen molar-refractivity contribution in [3.63, 3.8) is 0 Å². The fourth-order valence-electron chi connectivity index (χ4n) is 1.90. The Bertz CT molecular complexity index is 563. The van der Waals surface area contributed by atoms with E-state index in [1.54, 1.807) is 0 Å². The van der Waals surface area contributed by atoms with Crippen molar-refractivity contribution >= 4 is 5.95 Å². The quantitative estimate of drug-likeness (QED) is 0.831. The van der Waals surface area contributed by atoms with Gasteiger partial charge in [0.25, 0.3) is 0 Å². The standard InChI is InChI=1S/C12H13N3O2/c1-7-11(15-12(13-2)14-7)8-3-4-9-10(5-8)17-6-16-9/h3-5H,6H2,1-2H3,(H2,13,14,15). The van der Waals surface area contributed by atoms with E-state index in [-0.39, 0.29) is 0 Å². The Morgan fingerprint density at radius 2 is 2.12 bits per heavy atom. The molecular formula is C12H13N3O2. The number of nitrogens with zero attached hydrogens (tertiary/aromatic N) is 1. The molecule has 0 fully saturated rings. The molecule has 0 bridgehead atoms. The van der Waals surface area contributed by atoms with Gasteiger partial charge in [-0.2, -0.15) is 0 Å². The van der Waals surface area contributed by atoms with Crippen molar-refractivity contribution in [2.75, 3.05) is 19.2 Å². The van der Waals surface area contributed by atoms with Gasteiger partial charge in [-0.1, -0.05) is 0 Å². The molecule has 2 aromatic rings. The van der Waals surface area contributed by atoms with Crippen LogP contribution in [0.4, 0.5) is 5.95 Å². The number of H-pyrrole nitrogens is 1. The number of hydrogen-bond acceptors (Lipinski definition) is 4. The largest absolute Gasteiger partial charge is 0.454 e. The van der Waals surface area contributed by atoms with Crippen LogP contribution in [0.3, 0.4) is 0 Å². The van der Waals surface area contributed by atoms with Crippen LogP contribution in [0.5, 0.6) is 11.5 Å². The number of ether oxygens (including phenoxy) is 2. The van der Waals surface area contributed by atoms with Crippen LogP contribution in [-0.2, 0) is 0 Å². The number of fused-ring (bicyclic) bond motifs is 1. The minimum Gasteiger partial charge on any atom is -0.454 e. The summed E-state index contributed by atoms with van der Waals surface area (Å²) in [7, 11) is 1.84. The van der Waals surface area contributed by atoms with Gasteiger partial charge in [-0.3, -0.25) is 0 Å². The summed E-state index contributed by atoms with van der Waals surface area (Å²) in [6.07, 6.45) is 0. The van der Waals surface area contributed by atoms with Crippen LogP contribution in [0.1, 0.15) is 5.69 Å². The second-order valence-corrected chi connectivity index (χ2v) is 3.88. The number of aryl methyl sites for hydroxylation is 1. The van der Waals surface area contributed by atoms with Gasteiger partial charge in [0.05, 0.1) is 5.69 Å². The number of imidazole rings is 1. The third kappa shape index (κ3) is 1.60. The van der Waals surface area contributed by atoms with E-state index in [1.165, 1.54) is 0 Å². The Morgan fingerprint density at radius 1 is 1.29 bits per heavy atom. The minimum absolute atomic E-state index is 0.292. The second-order valence-electron chi connectivity index (χ2n) is 3.88. The Balaban J connectivity index is 2.06. The molecule has 0 radical (unpaired) electrons. The molecule has 5 nitrogen and oxygen atoms in total. The summed E-state index contributed by atoms with van der Waals surface area (Å²) in [4.78, 5) is 7.63. The van der Waals surface area contributed by atoms with Gasteiger partial charge < -0.3 is 19.8 Å². The van der Waals surface area contributed by atoms with Crippen molar-refractivity contribution in [1.82, 2.24) is 9.97 Å². The number of aromatic nitrogens is 2. The summed E-state index contributed by atoms with van der Waals surface area (Å²) >= 11 is 0. The minimum atomic E-state index is 0.292. The first-order valence-corrected chi connectivity index (χ1v) is 5.42. The van der Waals surface area contributed by atoms with Crippen LogP contribution in [0.25, 0.3) is 11.3 Å². The molecule has 0 unspecified atom stereocenters. The molecule has 1 aliphatic heterocycles. The van der Waals surface area contributed by atoms with E-state index in [0.29, 0.717) is 6.79 Å². The molecule has 88 valence electrons. The lowest BCUT2D eigenvalue weighted by molar-refractivity contribution is 0.174. The summed E-state index contributed by atoms with van der Waals surface area (Å²) in [5.74, 6) is 2.32. The first kappa shape index (κ1) is 10.0. The molecule has 0 saturated carbocycles. The molecule has 2 N–H and O–H groups in total. The zero-order valence-corrected chi connectivity index (χ0v) is 9.70. The monoisotopic (exact) mass is 231 g/mol. The lowest BCUT2D eigenvalue weighted by atomic mass is 10.1. The Kier molecular flexibility index (Phi) is 2.18. The van der Waals surface area contributed by atoms with Gasteiger partial charge in [0, 0.05) is 18.3 Å². The summed E-state index contributed by atoms with van der Waals surface area (Å²) in [6.45, 7) is 2.29. The molecule has 1 aromatic carbocycles. The van der Waals surface area contributed by atoms with Gasteiger partial charge in [-0.05, 0) is 25.1 Å². The number of hydrogen-bond donors (Lipinski definition) is 2. The van der Waals surface area contributed by atoms with E-state index in [1.807, 2.05) is 32.2 Å². The smallest absolute Gasteiger partial charge is 0.231 e. The molecule has 17 heavy (non-hydrogen) atoms. The van der Waals surface area contributed by atoms with Crippen LogP contribution >= 0.6 is 0 Å². The van der Waals surface area contributed by atoms with E-state index in [2.05, 4.69) is 15.3 Å². The lowest BCUT2D eigenvalue weighted by Gasteiger charge is -2.00. The summed E-state index contributed by atoms with van der Waals surface area (Å²) in [6, 6.07) is 5.84. The molecule has 1 aromatic heterocycles. The number of nitrogens with one attached hydrogen (secondary N) is 2. The molecule has 0 saturated heterocycles. The highest BCUT2D eigenvalue weighted by Gasteiger charge is 2.16. The first-order chi connectivity index (χ1) is 8.28. The van der Waals surface area contributed by atoms with Crippen LogP contribution < -0.4 is 14.8 Å². The third-order valence-electron chi connectivity index (χ3n) is 2.77. The van der Waals surface area contributed by atoms with Gasteiger partial charge in [-0.25, -0.2) is 4.98 Å². The topological polar surface area (TPSA) is 59.2 Å². The maximum absolute atomic E-state index is 5.36. The van der Waals surface area contributed by atoms with E-state index >= 15 is 0 Å². The van der Waals surface area contributed by atoms with Crippen LogP contribution in [0.2, 0.25) is 0 Å². The number of benzene rings is 1. The van der Waals surface area contributed by atoms with Crippen molar-refractivity contribution in [3.8, 4) is 22.8 Å². The molecule has 0 spiro atoms. The van der Waals surface area contributed by atoms with Crippen LogP contribution in [0, 0.1) is 6.92 Å².